The van der Waals surface area contributed by atoms with Crippen molar-refractivity contribution < 1.29 is 14.3 Å². The van der Waals surface area contributed by atoms with Gasteiger partial charge in [0.05, 0.1) is 29.5 Å². The van der Waals surface area contributed by atoms with Crippen LogP contribution in [-0.4, -0.2) is 24.3 Å². The highest BCUT2D eigenvalue weighted by molar-refractivity contribution is 7.07. The number of rotatable bonds is 5. The third-order valence-electron chi connectivity index (χ3n) is 6.11. The molecule has 1 aliphatic rings. The highest BCUT2D eigenvalue weighted by Gasteiger charge is 2.36. The van der Waals surface area contributed by atoms with Gasteiger partial charge in [-0.15, -0.1) is 0 Å². The molecule has 8 heteroatoms. The van der Waals surface area contributed by atoms with Crippen LogP contribution in [0.3, 0.4) is 0 Å². The van der Waals surface area contributed by atoms with Crippen molar-refractivity contribution in [2.24, 2.45) is 4.99 Å². The molecule has 1 aliphatic heterocycles. The van der Waals surface area contributed by atoms with E-state index in [-0.39, 0.29) is 12.2 Å². The minimum Gasteiger partial charge on any atom is -0.496 e. The highest BCUT2D eigenvalue weighted by Crippen LogP contribution is 2.40. The van der Waals surface area contributed by atoms with E-state index in [0.717, 1.165) is 16.3 Å². The molecule has 0 fully saturated rings. The van der Waals surface area contributed by atoms with Crippen molar-refractivity contribution in [3.05, 3.63) is 108 Å². The molecule has 182 valence electrons. The maximum Gasteiger partial charge on any atom is 0.338 e. The second-order valence-corrected chi connectivity index (χ2v) is 9.70. The molecule has 3 aromatic carbocycles. The second kappa shape index (κ2) is 9.76. The number of ether oxygens (including phenoxy) is 2. The van der Waals surface area contributed by atoms with E-state index >= 15 is 0 Å². The van der Waals surface area contributed by atoms with Gasteiger partial charge in [0.15, 0.2) is 4.80 Å². The van der Waals surface area contributed by atoms with Gasteiger partial charge in [-0.25, -0.2) is 9.79 Å². The number of esters is 1. The first-order valence-corrected chi connectivity index (χ1v) is 12.6. The third-order valence-corrected chi connectivity index (χ3v) is 7.34. The minimum atomic E-state index is -0.770. The summed E-state index contributed by atoms with van der Waals surface area (Å²) in [5, 5.41) is 2.46. The van der Waals surface area contributed by atoms with Crippen molar-refractivity contribution in [3.8, 4) is 5.75 Å². The maximum absolute atomic E-state index is 13.9. The van der Waals surface area contributed by atoms with Crippen LogP contribution in [0.25, 0.3) is 16.8 Å². The molecular formula is C28H23ClN2O4S. The Hall–Kier alpha value is -3.68. The van der Waals surface area contributed by atoms with Crippen LogP contribution in [0, 0.1) is 0 Å². The number of allylic oxidation sites excluding steroid dienone is 1. The molecule has 0 unspecified atom stereocenters. The van der Waals surface area contributed by atoms with Gasteiger partial charge in [-0.1, -0.05) is 65.4 Å². The van der Waals surface area contributed by atoms with E-state index in [4.69, 9.17) is 21.1 Å². The number of aromatic nitrogens is 1. The van der Waals surface area contributed by atoms with Crippen LogP contribution >= 0.6 is 22.9 Å². The fraction of sp³-hybridized carbons (Fsp3) is 0.179. The molecule has 4 aromatic rings. The summed E-state index contributed by atoms with van der Waals surface area (Å²) >= 11 is 7.30. The number of carbonyl (C=O) groups is 1. The monoisotopic (exact) mass is 518 g/mol. The Bertz CT molecular complexity index is 1700. The molecule has 0 radical (unpaired) electrons. The number of methoxy groups -OCH3 is 1. The molecule has 0 spiro atoms. The number of halogens is 1. The Morgan fingerprint density at radius 3 is 2.61 bits per heavy atom. The predicted molar refractivity (Wildman–Crippen MR) is 142 cm³/mol. The van der Waals surface area contributed by atoms with Crippen molar-refractivity contribution in [3.63, 3.8) is 0 Å². The van der Waals surface area contributed by atoms with E-state index in [9.17, 15) is 9.59 Å². The first kappa shape index (κ1) is 24.0. The van der Waals surface area contributed by atoms with Crippen LogP contribution in [0.5, 0.6) is 5.75 Å². The van der Waals surface area contributed by atoms with Crippen LogP contribution in [0.15, 0.2) is 81.7 Å². The first-order chi connectivity index (χ1) is 17.4. The summed E-state index contributed by atoms with van der Waals surface area (Å²) in [7, 11) is 1.58. The molecule has 1 aromatic heterocycles. The van der Waals surface area contributed by atoms with Crippen molar-refractivity contribution in [1.82, 2.24) is 4.57 Å². The minimum absolute atomic E-state index is 0.204. The van der Waals surface area contributed by atoms with Crippen molar-refractivity contribution in [2.75, 3.05) is 13.7 Å². The average Bonchev–Trinajstić information content (AvgIpc) is 3.18. The molecule has 0 N–H and O–H groups in total. The molecular weight excluding hydrogens is 496 g/mol. The highest BCUT2D eigenvalue weighted by atomic mass is 35.5. The number of hydrogen-bond acceptors (Lipinski definition) is 6. The predicted octanol–water partition coefficient (Wildman–Crippen LogP) is 4.61. The van der Waals surface area contributed by atoms with Crippen LogP contribution in [-0.2, 0) is 9.53 Å². The number of nitrogens with zero attached hydrogens (tertiary/aromatic N) is 2. The fourth-order valence-corrected chi connectivity index (χ4v) is 5.68. The lowest BCUT2D eigenvalue weighted by molar-refractivity contribution is -0.139. The molecule has 36 heavy (non-hydrogen) atoms. The zero-order valence-electron chi connectivity index (χ0n) is 19.9. The van der Waals surface area contributed by atoms with Gasteiger partial charge in [0.2, 0.25) is 0 Å². The maximum atomic E-state index is 13.9. The number of thiazole rings is 1. The normalized spacial score (nSPS) is 15.6. The van der Waals surface area contributed by atoms with Crippen molar-refractivity contribution >= 4 is 45.8 Å². The van der Waals surface area contributed by atoms with Gasteiger partial charge in [-0.2, -0.15) is 0 Å². The second-order valence-electron chi connectivity index (χ2n) is 8.26. The lowest BCUT2D eigenvalue weighted by Crippen LogP contribution is -2.40. The summed E-state index contributed by atoms with van der Waals surface area (Å²) in [5.74, 6) is 0.0631. The van der Waals surface area contributed by atoms with Crippen LogP contribution < -0.4 is 19.6 Å². The molecule has 6 nitrogen and oxygen atoms in total. The topological polar surface area (TPSA) is 69.9 Å². The molecule has 0 saturated heterocycles. The Morgan fingerprint density at radius 2 is 1.89 bits per heavy atom. The molecule has 0 saturated carbocycles. The summed E-state index contributed by atoms with van der Waals surface area (Å²) in [5.41, 5.74) is 2.13. The van der Waals surface area contributed by atoms with Gasteiger partial charge < -0.3 is 9.47 Å². The van der Waals surface area contributed by atoms with Crippen LogP contribution in [0.2, 0.25) is 5.02 Å². The van der Waals surface area contributed by atoms with Gasteiger partial charge in [-0.05, 0) is 54.5 Å². The van der Waals surface area contributed by atoms with Gasteiger partial charge in [0.1, 0.15) is 11.8 Å². The Balaban J connectivity index is 1.84. The van der Waals surface area contributed by atoms with E-state index in [0.29, 0.717) is 36.9 Å². The Morgan fingerprint density at radius 1 is 1.14 bits per heavy atom. The van der Waals surface area contributed by atoms with E-state index in [2.05, 4.69) is 4.99 Å². The summed E-state index contributed by atoms with van der Waals surface area (Å²) in [4.78, 5) is 32.3. The quantitative estimate of drug-likeness (QED) is 0.362. The van der Waals surface area contributed by atoms with Crippen molar-refractivity contribution in [2.45, 2.75) is 19.9 Å². The number of hydrogen-bond donors (Lipinski definition) is 0. The molecule has 5 rings (SSSR count). The summed E-state index contributed by atoms with van der Waals surface area (Å²) < 4.78 is 13.3. The lowest BCUT2D eigenvalue weighted by Gasteiger charge is -2.27. The van der Waals surface area contributed by atoms with Crippen LogP contribution in [0.1, 0.15) is 31.0 Å². The molecule has 2 heterocycles. The van der Waals surface area contributed by atoms with Gasteiger partial charge in [0.25, 0.3) is 5.56 Å². The largest absolute Gasteiger partial charge is 0.496 e. The number of fused-ring (bicyclic) bond motifs is 2. The molecule has 1 atom stereocenters. The smallest absolute Gasteiger partial charge is 0.338 e. The third kappa shape index (κ3) is 4.14. The fourth-order valence-electron chi connectivity index (χ4n) is 4.51. The van der Waals surface area contributed by atoms with Gasteiger partial charge >= 0.3 is 5.97 Å². The van der Waals surface area contributed by atoms with Crippen LogP contribution in [0.4, 0.5) is 0 Å². The van der Waals surface area contributed by atoms with E-state index < -0.39 is 12.0 Å². The number of carbonyl (C=O) groups excluding carboxylic acids is 1. The summed E-state index contributed by atoms with van der Waals surface area (Å²) in [6.07, 6.45) is 1.81. The Kier molecular flexibility index (Phi) is 6.51. The molecule has 0 amide bonds. The van der Waals surface area contributed by atoms with E-state index in [1.807, 2.05) is 48.5 Å². The average molecular weight is 519 g/mol. The van der Waals surface area contributed by atoms with Gasteiger partial charge in [-0.3, -0.25) is 9.36 Å². The lowest BCUT2D eigenvalue weighted by atomic mass is 9.90. The molecule has 0 bridgehead atoms. The SMILES string of the molecule is CCOC(=O)C1=C(C)N=c2s/c(=C\c3ccc(Cl)cc3)c(=O)n2[C@@H]1c1c(OC)ccc2ccccc12. The zero-order valence-corrected chi connectivity index (χ0v) is 21.5. The van der Waals surface area contributed by atoms with E-state index in [1.54, 1.807) is 43.7 Å². The first-order valence-electron chi connectivity index (χ1n) is 11.4. The summed E-state index contributed by atoms with van der Waals surface area (Å²) in [6.45, 7) is 3.73. The number of benzene rings is 3. The zero-order chi connectivity index (χ0) is 25.4. The Labute approximate surface area is 216 Å². The van der Waals surface area contributed by atoms with Crippen molar-refractivity contribution in [1.29, 1.82) is 0 Å². The van der Waals surface area contributed by atoms with E-state index in [1.165, 1.54) is 11.3 Å². The van der Waals surface area contributed by atoms with Gasteiger partial charge in [0, 0.05) is 10.6 Å². The standard InChI is InChI=1S/C28H23ClN2O4S/c1-4-35-27(33)23-16(2)30-28-31(26(32)22(36-28)15-17-9-12-19(29)13-10-17)25(23)24-20-8-6-5-7-18(20)11-14-21(24)34-3/h5-15,25H,4H2,1-3H3/b22-15-/t25-/m0/s1. The summed E-state index contributed by atoms with van der Waals surface area (Å²) in [6, 6.07) is 18.1. The molecule has 0 aliphatic carbocycles.